The molecule has 1 aliphatic rings. The van der Waals surface area contributed by atoms with Crippen molar-refractivity contribution in [1.29, 1.82) is 0 Å². The molecule has 1 aliphatic carbocycles. The molecule has 1 saturated carbocycles. The molecule has 2 nitrogen and oxygen atoms in total. The van der Waals surface area contributed by atoms with Gasteiger partial charge in [0.1, 0.15) is 0 Å². The van der Waals surface area contributed by atoms with Gasteiger partial charge < -0.3 is 5.73 Å². The van der Waals surface area contributed by atoms with Crippen LogP contribution in [0.25, 0.3) is 0 Å². The molecule has 4 heteroatoms. The van der Waals surface area contributed by atoms with Crippen LogP contribution in [0.2, 0.25) is 5.02 Å². The van der Waals surface area contributed by atoms with Crippen molar-refractivity contribution in [3.05, 3.63) is 44.9 Å². The molecular formula is C14H15ClN2S. The van der Waals surface area contributed by atoms with Gasteiger partial charge in [-0.3, -0.25) is 0 Å². The van der Waals surface area contributed by atoms with Crippen molar-refractivity contribution in [2.24, 2.45) is 0 Å². The molecule has 0 aliphatic heterocycles. The molecule has 2 aromatic rings. The van der Waals surface area contributed by atoms with Crippen LogP contribution in [0, 0.1) is 6.92 Å². The summed E-state index contributed by atoms with van der Waals surface area (Å²) < 4.78 is 0. The largest absolute Gasteiger partial charge is 0.375 e. The highest BCUT2D eigenvalue weighted by atomic mass is 35.5. The van der Waals surface area contributed by atoms with Gasteiger partial charge in [-0.2, -0.15) is 0 Å². The molecule has 18 heavy (non-hydrogen) atoms. The molecule has 1 fully saturated rings. The van der Waals surface area contributed by atoms with E-state index in [1.165, 1.54) is 34.5 Å². The Bertz CT molecular complexity index is 567. The minimum atomic E-state index is 0.636. The minimum absolute atomic E-state index is 0.636. The monoisotopic (exact) mass is 278 g/mol. The minimum Gasteiger partial charge on any atom is -0.375 e. The third kappa shape index (κ3) is 2.25. The summed E-state index contributed by atoms with van der Waals surface area (Å²) in [5, 5.41) is 1.51. The summed E-state index contributed by atoms with van der Waals surface area (Å²) in [5.74, 6) is 0.636. The summed E-state index contributed by atoms with van der Waals surface area (Å²) in [4.78, 5) is 5.76. The predicted molar refractivity (Wildman–Crippen MR) is 77.5 cm³/mol. The van der Waals surface area contributed by atoms with E-state index in [1.807, 2.05) is 12.1 Å². The zero-order chi connectivity index (χ0) is 12.7. The van der Waals surface area contributed by atoms with Gasteiger partial charge in [0.2, 0.25) is 0 Å². The number of aromatic nitrogens is 1. The zero-order valence-corrected chi connectivity index (χ0v) is 11.8. The lowest BCUT2D eigenvalue weighted by atomic mass is 10.0. The average Bonchev–Trinajstić information content (AvgIpc) is 3.09. The Hall–Kier alpha value is -1.06. The molecule has 2 N–H and O–H groups in total. The summed E-state index contributed by atoms with van der Waals surface area (Å²) in [6.45, 7) is 2.10. The molecule has 1 aromatic carbocycles. The fourth-order valence-electron chi connectivity index (χ4n) is 2.24. The number of hydrogen-bond acceptors (Lipinski definition) is 3. The number of nitrogens with two attached hydrogens (primary N) is 1. The van der Waals surface area contributed by atoms with Crippen LogP contribution in [0.5, 0.6) is 0 Å². The molecule has 0 spiro atoms. The molecule has 1 aromatic heterocycles. The number of thiazole rings is 1. The van der Waals surface area contributed by atoms with Crippen molar-refractivity contribution < 1.29 is 0 Å². The summed E-state index contributed by atoms with van der Waals surface area (Å²) in [6.07, 6.45) is 3.35. The highest BCUT2D eigenvalue weighted by Crippen LogP contribution is 2.44. The lowest BCUT2D eigenvalue weighted by Crippen LogP contribution is -1.94. The van der Waals surface area contributed by atoms with Gasteiger partial charge in [0.15, 0.2) is 5.13 Å². The van der Waals surface area contributed by atoms with Gasteiger partial charge in [0.05, 0.1) is 5.69 Å². The molecule has 0 radical (unpaired) electrons. The van der Waals surface area contributed by atoms with Crippen LogP contribution >= 0.6 is 22.9 Å². The maximum Gasteiger partial charge on any atom is 0.180 e. The molecule has 0 unspecified atom stereocenters. The van der Waals surface area contributed by atoms with E-state index in [-0.39, 0.29) is 0 Å². The van der Waals surface area contributed by atoms with Crippen molar-refractivity contribution in [1.82, 2.24) is 4.98 Å². The number of aryl methyl sites for hydroxylation is 1. The third-order valence-electron chi connectivity index (χ3n) is 3.40. The van der Waals surface area contributed by atoms with E-state index >= 15 is 0 Å². The van der Waals surface area contributed by atoms with Crippen molar-refractivity contribution >= 4 is 28.1 Å². The Morgan fingerprint density at radius 2 is 2.22 bits per heavy atom. The van der Waals surface area contributed by atoms with Crippen molar-refractivity contribution in [3.63, 3.8) is 0 Å². The lowest BCUT2D eigenvalue weighted by molar-refractivity contribution is 1.01. The van der Waals surface area contributed by atoms with Crippen LogP contribution in [-0.2, 0) is 6.42 Å². The second-order valence-corrected chi connectivity index (χ2v) is 6.37. The highest BCUT2D eigenvalue weighted by Gasteiger charge is 2.29. The normalized spacial score (nSPS) is 15.0. The fourth-order valence-corrected chi connectivity index (χ4v) is 3.45. The van der Waals surface area contributed by atoms with Crippen molar-refractivity contribution in [3.8, 4) is 0 Å². The van der Waals surface area contributed by atoms with E-state index < -0.39 is 0 Å². The topological polar surface area (TPSA) is 38.9 Å². The van der Waals surface area contributed by atoms with E-state index in [9.17, 15) is 0 Å². The quantitative estimate of drug-likeness (QED) is 0.916. The molecule has 94 valence electrons. The van der Waals surface area contributed by atoms with E-state index in [0.717, 1.165) is 11.4 Å². The number of nitrogen functional groups attached to an aromatic ring is 1. The number of anilines is 1. The van der Waals surface area contributed by atoms with Crippen LogP contribution in [0.1, 0.15) is 40.5 Å². The SMILES string of the molecule is Cc1cccc(Cl)c1Cc1sc(N)nc1C1CC1. The summed E-state index contributed by atoms with van der Waals surface area (Å²) in [7, 11) is 0. The smallest absolute Gasteiger partial charge is 0.180 e. The Morgan fingerprint density at radius 1 is 1.44 bits per heavy atom. The Kier molecular flexibility index (Phi) is 3.04. The van der Waals surface area contributed by atoms with E-state index in [0.29, 0.717) is 11.0 Å². The first kappa shape index (κ1) is 12.0. The predicted octanol–water partition coefficient (Wildman–Crippen LogP) is 4.16. The average molecular weight is 279 g/mol. The van der Waals surface area contributed by atoms with Crippen molar-refractivity contribution in [2.75, 3.05) is 5.73 Å². The Balaban J connectivity index is 1.97. The molecule has 1 heterocycles. The van der Waals surface area contributed by atoms with Crippen LogP contribution < -0.4 is 5.73 Å². The number of rotatable bonds is 3. The maximum atomic E-state index is 6.29. The zero-order valence-electron chi connectivity index (χ0n) is 10.2. The second kappa shape index (κ2) is 4.56. The van der Waals surface area contributed by atoms with Crippen LogP contribution in [0.3, 0.4) is 0 Å². The summed E-state index contributed by atoms with van der Waals surface area (Å²) >= 11 is 7.89. The molecular weight excluding hydrogens is 264 g/mol. The molecule has 0 amide bonds. The first-order valence-corrected chi connectivity index (χ1v) is 7.33. The number of nitrogens with zero attached hydrogens (tertiary/aromatic N) is 1. The molecule has 3 rings (SSSR count). The van der Waals surface area contributed by atoms with Crippen LogP contribution in [0.4, 0.5) is 5.13 Å². The number of benzene rings is 1. The summed E-state index contributed by atoms with van der Waals surface area (Å²) in [6, 6.07) is 6.04. The summed E-state index contributed by atoms with van der Waals surface area (Å²) in [5.41, 5.74) is 9.49. The van der Waals surface area contributed by atoms with E-state index in [4.69, 9.17) is 17.3 Å². The third-order valence-corrected chi connectivity index (χ3v) is 4.65. The first-order valence-electron chi connectivity index (χ1n) is 6.14. The standard InChI is InChI=1S/C14H15ClN2S/c1-8-3-2-4-11(15)10(8)7-12-13(9-5-6-9)17-14(16)18-12/h2-4,9H,5-7H2,1H3,(H2,16,17). The lowest BCUT2D eigenvalue weighted by Gasteiger charge is -2.07. The van der Waals surface area contributed by atoms with Gasteiger partial charge in [-0.1, -0.05) is 23.7 Å². The van der Waals surface area contributed by atoms with E-state index in [2.05, 4.69) is 18.0 Å². The molecule has 0 bridgehead atoms. The van der Waals surface area contributed by atoms with Gasteiger partial charge >= 0.3 is 0 Å². The number of halogens is 1. The van der Waals surface area contributed by atoms with Gasteiger partial charge in [-0.15, -0.1) is 11.3 Å². The Labute approximate surface area is 116 Å². The van der Waals surface area contributed by atoms with Gasteiger partial charge in [0, 0.05) is 22.2 Å². The molecule has 0 atom stereocenters. The van der Waals surface area contributed by atoms with E-state index in [1.54, 1.807) is 11.3 Å². The molecule has 0 saturated heterocycles. The first-order chi connectivity index (χ1) is 8.65. The maximum absolute atomic E-state index is 6.29. The fraction of sp³-hybridized carbons (Fsp3) is 0.357. The van der Waals surface area contributed by atoms with Gasteiger partial charge in [-0.25, -0.2) is 4.98 Å². The number of hydrogen-bond donors (Lipinski definition) is 1. The highest BCUT2D eigenvalue weighted by molar-refractivity contribution is 7.15. The Morgan fingerprint density at radius 3 is 2.89 bits per heavy atom. The van der Waals surface area contributed by atoms with Crippen LogP contribution in [-0.4, -0.2) is 4.98 Å². The second-order valence-electron chi connectivity index (χ2n) is 4.85. The van der Waals surface area contributed by atoms with Gasteiger partial charge in [-0.05, 0) is 37.0 Å². The van der Waals surface area contributed by atoms with Crippen LogP contribution in [0.15, 0.2) is 18.2 Å². The van der Waals surface area contributed by atoms with Gasteiger partial charge in [0.25, 0.3) is 0 Å². The van der Waals surface area contributed by atoms with Crippen molar-refractivity contribution in [2.45, 2.75) is 32.1 Å².